The van der Waals surface area contributed by atoms with Crippen LogP contribution in [0.2, 0.25) is 0 Å². The van der Waals surface area contributed by atoms with Gasteiger partial charge in [-0.2, -0.15) is 0 Å². The van der Waals surface area contributed by atoms with Crippen molar-refractivity contribution in [3.05, 3.63) is 29.8 Å². The summed E-state index contributed by atoms with van der Waals surface area (Å²) in [5, 5.41) is 0. The summed E-state index contributed by atoms with van der Waals surface area (Å²) in [5.41, 5.74) is 1.36. The monoisotopic (exact) mass is 332 g/mol. The highest BCUT2D eigenvalue weighted by Gasteiger charge is 2.25. The average molecular weight is 332 g/mol. The Morgan fingerprint density at radius 3 is 2.25 bits per heavy atom. The molecule has 1 amide bonds. The van der Waals surface area contributed by atoms with Crippen LogP contribution < -0.4 is 4.74 Å². The van der Waals surface area contributed by atoms with Crippen LogP contribution in [0, 0.1) is 5.92 Å². The standard InChI is InChI=1S/C20H32N2O2/c1-4-18(5-2)20(23)22-15-13-21(14-16-22)12-6-7-17-8-10-19(24-3)11-9-17/h8-11,18H,4-7,12-16H2,1-3H3. The fourth-order valence-corrected chi connectivity index (χ4v) is 3.39. The van der Waals surface area contributed by atoms with Gasteiger partial charge in [-0.25, -0.2) is 0 Å². The average Bonchev–Trinajstić information content (AvgIpc) is 2.64. The molecule has 0 unspecified atom stereocenters. The van der Waals surface area contributed by atoms with Gasteiger partial charge in [-0.15, -0.1) is 0 Å². The van der Waals surface area contributed by atoms with Crippen LogP contribution in [-0.2, 0) is 11.2 Å². The zero-order valence-electron chi connectivity index (χ0n) is 15.5. The third-order valence-corrected chi connectivity index (χ3v) is 5.12. The Morgan fingerprint density at radius 1 is 1.08 bits per heavy atom. The molecule has 1 heterocycles. The first-order chi connectivity index (χ1) is 11.7. The van der Waals surface area contributed by atoms with Gasteiger partial charge in [0.1, 0.15) is 5.75 Å². The smallest absolute Gasteiger partial charge is 0.225 e. The molecule has 0 bridgehead atoms. The quantitative estimate of drug-likeness (QED) is 0.733. The molecule has 1 aliphatic rings. The Labute approximate surface area is 146 Å². The van der Waals surface area contributed by atoms with Crippen molar-refractivity contribution in [1.29, 1.82) is 0 Å². The van der Waals surface area contributed by atoms with E-state index in [4.69, 9.17) is 4.74 Å². The van der Waals surface area contributed by atoms with Crippen molar-refractivity contribution in [3.63, 3.8) is 0 Å². The van der Waals surface area contributed by atoms with Gasteiger partial charge in [0.05, 0.1) is 7.11 Å². The van der Waals surface area contributed by atoms with Gasteiger partial charge in [-0.05, 0) is 49.9 Å². The summed E-state index contributed by atoms with van der Waals surface area (Å²) in [4.78, 5) is 17.0. The van der Waals surface area contributed by atoms with Crippen molar-refractivity contribution >= 4 is 5.91 Å². The maximum atomic E-state index is 12.4. The highest BCUT2D eigenvalue weighted by atomic mass is 16.5. The fraction of sp³-hybridized carbons (Fsp3) is 0.650. The highest BCUT2D eigenvalue weighted by molar-refractivity contribution is 5.78. The molecule has 0 N–H and O–H groups in total. The van der Waals surface area contributed by atoms with Crippen molar-refractivity contribution < 1.29 is 9.53 Å². The number of methoxy groups -OCH3 is 1. The molecular formula is C20H32N2O2. The van der Waals surface area contributed by atoms with E-state index in [-0.39, 0.29) is 5.92 Å². The van der Waals surface area contributed by atoms with E-state index in [1.54, 1.807) is 7.11 Å². The molecule has 0 spiro atoms. The molecule has 1 aromatic carbocycles. The van der Waals surface area contributed by atoms with Crippen LogP contribution in [0.3, 0.4) is 0 Å². The Kier molecular flexibility index (Phi) is 7.57. The predicted octanol–water partition coefficient (Wildman–Crippen LogP) is 3.21. The van der Waals surface area contributed by atoms with Gasteiger partial charge >= 0.3 is 0 Å². The largest absolute Gasteiger partial charge is 0.497 e. The number of carbonyl (C=O) groups excluding carboxylic acids is 1. The Hall–Kier alpha value is -1.55. The molecule has 4 nitrogen and oxygen atoms in total. The molecule has 0 atom stereocenters. The van der Waals surface area contributed by atoms with Crippen molar-refractivity contribution in [2.24, 2.45) is 5.92 Å². The zero-order valence-corrected chi connectivity index (χ0v) is 15.5. The van der Waals surface area contributed by atoms with Crippen LogP contribution in [0.25, 0.3) is 0 Å². The molecule has 4 heteroatoms. The molecule has 0 saturated carbocycles. The number of hydrogen-bond acceptors (Lipinski definition) is 3. The molecule has 1 aliphatic heterocycles. The van der Waals surface area contributed by atoms with Crippen molar-refractivity contribution in [3.8, 4) is 5.75 Å². The zero-order chi connectivity index (χ0) is 17.4. The maximum absolute atomic E-state index is 12.4. The maximum Gasteiger partial charge on any atom is 0.225 e. The molecule has 2 rings (SSSR count). The first-order valence-corrected chi connectivity index (χ1v) is 9.32. The molecular weight excluding hydrogens is 300 g/mol. The van der Waals surface area contributed by atoms with E-state index < -0.39 is 0 Å². The molecule has 24 heavy (non-hydrogen) atoms. The van der Waals surface area contributed by atoms with E-state index >= 15 is 0 Å². The lowest BCUT2D eigenvalue weighted by atomic mass is 10.0. The first-order valence-electron chi connectivity index (χ1n) is 9.32. The fourth-order valence-electron chi connectivity index (χ4n) is 3.39. The Balaban J connectivity index is 1.68. The molecule has 0 aromatic heterocycles. The minimum absolute atomic E-state index is 0.214. The second-order valence-corrected chi connectivity index (χ2v) is 6.63. The van der Waals surface area contributed by atoms with Crippen molar-refractivity contribution in [1.82, 2.24) is 9.80 Å². The number of piperazine rings is 1. The second-order valence-electron chi connectivity index (χ2n) is 6.63. The molecule has 1 saturated heterocycles. The third kappa shape index (κ3) is 5.23. The van der Waals surface area contributed by atoms with Gasteiger partial charge in [-0.1, -0.05) is 26.0 Å². The van der Waals surface area contributed by atoms with Gasteiger partial charge in [-0.3, -0.25) is 9.69 Å². The van der Waals surface area contributed by atoms with Gasteiger partial charge in [0.2, 0.25) is 5.91 Å². The van der Waals surface area contributed by atoms with E-state index in [1.165, 1.54) is 5.56 Å². The summed E-state index contributed by atoms with van der Waals surface area (Å²) in [6.07, 6.45) is 4.17. The summed E-state index contributed by atoms with van der Waals surface area (Å²) < 4.78 is 5.19. The number of rotatable bonds is 8. The first kappa shape index (κ1) is 18.8. The summed E-state index contributed by atoms with van der Waals surface area (Å²) in [6, 6.07) is 8.34. The van der Waals surface area contributed by atoms with Gasteiger partial charge < -0.3 is 9.64 Å². The van der Waals surface area contributed by atoms with E-state index in [0.29, 0.717) is 5.91 Å². The SMILES string of the molecule is CCC(CC)C(=O)N1CCN(CCCc2ccc(OC)cc2)CC1. The van der Waals surface area contributed by atoms with Gasteiger partial charge in [0.15, 0.2) is 0 Å². The molecule has 0 radical (unpaired) electrons. The lowest BCUT2D eigenvalue weighted by Crippen LogP contribution is -2.50. The summed E-state index contributed by atoms with van der Waals surface area (Å²) in [7, 11) is 1.70. The summed E-state index contributed by atoms with van der Waals surface area (Å²) >= 11 is 0. The Morgan fingerprint density at radius 2 is 1.71 bits per heavy atom. The van der Waals surface area contributed by atoms with E-state index in [1.807, 2.05) is 12.1 Å². The molecule has 1 aromatic rings. The van der Waals surface area contributed by atoms with Gasteiger partial charge in [0, 0.05) is 32.1 Å². The van der Waals surface area contributed by atoms with Crippen LogP contribution in [0.15, 0.2) is 24.3 Å². The summed E-state index contributed by atoms with van der Waals surface area (Å²) in [5.74, 6) is 1.49. The number of ether oxygens (including phenoxy) is 1. The van der Waals surface area contributed by atoms with E-state index in [2.05, 4.69) is 35.8 Å². The molecule has 0 aliphatic carbocycles. The summed E-state index contributed by atoms with van der Waals surface area (Å²) in [6.45, 7) is 9.13. The predicted molar refractivity (Wildman–Crippen MR) is 98.4 cm³/mol. The van der Waals surface area contributed by atoms with Crippen LogP contribution in [0.5, 0.6) is 5.75 Å². The second kappa shape index (κ2) is 9.67. The number of carbonyl (C=O) groups is 1. The topological polar surface area (TPSA) is 32.8 Å². The third-order valence-electron chi connectivity index (χ3n) is 5.12. The van der Waals surface area contributed by atoms with E-state index in [9.17, 15) is 4.79 Å². The number of hydrogen-bond donors (Lipinski definition) is 0. The lowest BCUT2D eigenvalue weighted by molar-refractivity contribution is -0.137. The van der Waals surface area contributed by atoms with E-state index in [0.717, 1.165) is 64.2 Å². The molecule has 1 fully saturated rings. The lowest BCUT2D eigenvalue weighted by Gasteiger charge is -2.36. The van der Waals surface area contributed by atoms with Gasteiger partial charge in [0.25, 0.3) is 0 Å². The minimum atomic E-state index is 0.214. The normalized spacial score (nSPS) is 15.8. The van der Waals surface area contributed by atoms with Crippen LogP contribution in [-0.4, -0.2) is 55.5 Å². The van der Waals surface area contributed by atoms with Crippen molar-refractivity contribution in [2.75, 3.05) is 39.8 Å². The number of nitrogens with zero attached hydrogens (tertiary/aromatic N) is 2. The van der Waals surface area contributed by atoms with Crippen LogP contribution in [0.4, 0.5) is 0 Å². The van der Waals surface area contributed by atoms with Crippen molar-refractivity contribution in [2.45, 2.75) is 39.5 Å². The Bertz CT molecular complexity index is 489. The minimum Gasteiger partial charge on any atom is -0.497 e. The number of aryl methyl sites for hydroxylation is 1. The number of benzene rings is 1. The van der Waals surface area contributed by atoms with Crippen LogP contribution in [0.1, 0.15) is 38.7 Å². The van der Waals surface area contributed by atoms with Crippen LogP contribution >= 0.6 is 0 Å². The number of amides is 1. The highest BCUT2D eigenvalue weighted by Crippen LogP contribution is 2.15. The molecule has 134 valence electrons.